The van der Waals surface area contributed by atoms with Gasteiger partial charge in [-0.05, 0) is 44.2 Å². The normalized spacial score (nSPS) is 10.9. The number of hydrogen-bond acceptors (Lipinski definition) is 3. The number of nitrogens with zero attached hydrogens (tertiary/aromatic N) is 1. The maximum Gasteiger partial charge on any atom is 0.319 e. The molecule has 22 heavy (non-hydrogen) atoms. The lowest BCUT2D eigenvalue weighted by Gasteiger charge is -2.09. The molecule has 3 aromatic rings. The summed E-state index contributed by atoms with van der Waals surface area (Å²) in [6.45, 7) is 3.82. The number of benzene rings is 2. The predicted molar refractivity (Wildman–Crippen MR) is 86.7 cm³/mol. The summed E-state index contributed by atoms with van der Waals surface area (Å²) < 4.78 is 5.74. The monoisotopic (exact) mass is 295 g/mol. The van der Waals surface area contributed by atoms with E-state index in [2.05, 4.69) is 15.6 Å². The van der Waals surface area contributed by atoms with Gasteiger partial charge in [0.1, 0.15) is 5.52 Å². The predicted octanol–water partition coefficient (Wildman–Crippen LogP) is 4.02. The summed E-state index contributed by atoms with van der Waals surface area (Å²) in [5.41, 5.74) is 3.00. The van der Waals surface area contributed by atoms with Crippen LogP contribution in [0.15, 0.2) is 52.9 Å². The topological polar surface area (TPSA) is 67.2 Å². The van der Waals surface area contributed by atoms with Crippen LogP contribution < -0.4 is 10.6 Å². The first-order valence-corrected chi connectivity index (χ1v) is 7.15. The van der Waals surface area contributed by atoms with Crippen molar-refractivity contribution in [2.45, 2.75) is 19.9 Å². The molecular weight excluding hydrogens is 278 g/mol. The lowest BCUT2D eigenvalue weighted by Crippen LogP contribution is -2.34. The standard InChI is InChI=1S/C17H17N3O2/c1-11(2)18-17(21)19-13-8-9-15-14(10-13)20-16(22-15)12-6-4-3-5-7-12/h3-11H,1-2H3,(H2,18,19,21). The number of fused-ring (bicyclic) bond motifs is 1. The largest absolute Gasteiger partial charge is 0.436 e. The molecule has 5 nitrogen and oxygen atoms in total. The molecule has 1 aromatic heterocycles. The Balaban J connectivity index is 1.86. The molecule has 112 valence electrons. The number of rotatable bonds is 3. The van der Waals surface area contributed by atoms with E-state index in [9.17, 15) is 4.79 Å². The van der Waals surface area contributed by atoms with Gasteiger partial charge in [-0.25, -0.2) is 9.78 Å². The molecule has 0 saturated carbocycles. The van der Waals surface area contributed by atoms with Gasteiger partial charge < -0.3 is 15.1 Å². The van der Waals surface area contributed by atoms with E-state index in [4.69, 9.17) is 4.42 Å². The highest BCUT2D eigenvalue weighted by molar-refractivity contribution is 5.92. The second-order valence-corrected chi connectivity index (χ2v) is 5.32. The second kappa shape index (κ2) is 5.89. The van der Waals surface area contributed by atoms with Crippen LogP contribution in [0, 0.1) is 0 Å². The van der Waals surface area contributed by atoms with Gasteiger partial charge in [-0.3, -0.25) is 0 Å². The first kappa shape index (κ1) is 14.1. The zero-order valence-electron chi connectivity index (χ0n) is 12.5. The SMILES string of the molecule is CC(C)NC(=O)Nc1ccc2oc(-c3ccccc3)nc2c1. The smallest absolute Gasteiger partial charge is 0.319 e. The molecular formula is C17H17N3O2. The number of aromatic nitrogens is 1. The van der Waals surface area contributed by atoms with E-state index in [1.165, 1.54) is 0 Å². The Labute approximate surface area is 128 Å². The Bertz CT molecular complexity index is 794. The minimum Gasteiger partial charge on any atom is -0.436 e. The van der Waals surface area contributed by atoms with E-state index >= 15 is 0 Å². The second-order valence-electron chi connectivity index (χ2n) is 5.32. The van der Waals surface area contributed by atoms with Crippen LogP contribution in [0.5, 0.6) is 0 Å². The molecule has 2 N–H and O–H groups in total. The van der Waals surface area contributed by atoms with Crippen molar-refractivity contribution in [1.82, 2.24) is 10.3 Å². The molecule has 3 rings (SSSR count). The third-order valence-corrected chi connectivity index (χ3v) is 3.09. The van der Waals surface area contributed by atoms with Crippen LogP contribution in [0.2, 0.25) is 0 Å². The van der Waals surface area contributed by atoms with Crippen molar-refractivity contribution >= 4 is 22.8 Å². The van der Waals surface area contributed by atoms with Gasteiger partial charge in [0, 0.05) is 17.3 Å². The third-order valence-electron chi connectivity index (χ3n) is 3.09. The fraction of sp³-hybridized carbons (Fsp3) is 0.176. The molecule has 0 spiro atoms. The van der Waals surface area contributed by atoms with Crippen LogP contribution in [-0.4, -0.2) is 17.1 Å². The molecule has 0 aliphatic rings. The summed E-state index contributed by atoms with van der Waals surface area (Å²) in [5, 5.41) is 5.56. The van der Waals surface area contributed by atoms with Gasteiger partial charge in [0.05, 0.1) is 0 Å². The van der Waals surface area contributed by atoms with Crippen molar-refractivity contribution in [2.75, 3.05) is 5.32 Å². The zero-order chi connectivity index (χ0) is 15.5. The van der Waals surface area contributed by atoms with Crippen molar-refractivity contribution in [3.63, 3.8) is 0 Å². The fourth-order valence-electron chi connectivity index (χ4n) is 2.14. The van der Waals surface area contributed by atoms with Crippen LogP contribution in [0.4, 0.5) is 10.5 Å². The first-order chi connectivity index (χ1) is 10.6. The first-order valence-electron chi connectivity index (χ1n) is 7.15. The van der Waals surface area contributed by atoms with Crippen molar-refractivity contribution in [1.29, 1.82) is 0 Å². The van der Waals surface area contributed by atoms with Gasteiger partial charge in [-0.2, -0.15) is 0 Å². The summed E-state index contributed by atoms with van der Waals surface area (Å²) >= 11 is 0. The fourth-order valence-corrected chi connectivity index (χ4v) is 2.14. The third kappa shape index (κ3) is 3.09. The van der Waals surface area contributed by atoms with Crippen molar-refractivity contribution in [2.24, 2.45) is 0 Å². The molecule has 0 saturated heterocycles. The summed E-state index contributed by atoms with van der Waals surface area (Å²) in [4.78, 5) is 16.2. The number of hydrogen-bond donors (Lipinski definition) is 2. The van der Waals surface area contributed by atoms with Crippen LogP contribution in [0.1, 0.15) is 13.8 Å². The number of carbonyl (C=O) groups is 1. The van der Waals surface area contributed by atoms with E-state index in [0.29, 0.717) is 22.7 Å². The summed E-state index contributed by atoms with van der Waals surface area (Å²) in [5.74, 6) is 0.569. The molecule has 5 heteroatoms. The summed E-state index contributed by atoms with van der Waals surface area (Å²) in [7, 11) is 0. The van der Waals surface area contributed by atoms with Crippen LogP contribution in [0.25, 0.3) is 22.6 Å². The molecule has 0 radical (unpaired) electrons. The Morgan fingerprint density at radius 2 is 1.91 bits per heavy atom. The van der Waals surface area contributed by atoms with E-state index in [0.717, 1.165) is 5.56 Å². The van der Waals surface area contributed by atoms with E-state index in [1.54, 1.807) is 18.2 Å². The average Bonchev–Trinajstić information content (AvgIpc) is 2.90. The number of anilines is 1. The van der Waals surface area contributed by atoms with Gasteiger partial charge in [0.25, 0.3) is 0 Å². The molecule has 0 bridgehead atoms. The quantitative estimate of drug-likeness (QED) is 0.766. The van der Waals surface area contributed by atoms with Gasteiger partial charge in [0.15, 0.2) is 5.58 Å². The molecule has 0 fully saturated rings. The van der Waals surface area contributed by atoms with Crippen molar-refractivity contribution < 1.29 is 9.21 Å². The molecule has 2 aromatic carbocycles. The number of amides is 2. The molecule has 0 aliphatic heterocycles. The van der Waals surface area contributed by atoms with Gasteiger partial charge in [-0.15, -0.1) is 0 Å². The Morgan fingerprint density at radius 3 is 2.64 bits per heavy atom. The highest BCUT2D eigenvalue weighted by atomic mass is 16.3. The number of urea groups is 1. The van der Waals surface area contributed by atoms with Crippen molar-refractivity contribution in [3.05, 3.63) is 48.5 Å². The van der Waals surface area contributed by atoms with E-state index in [-0.39, 0.29) is 12.1 Å². The Kier molecular flexibility index (Phi) is 3.78. The minimum absolute atomic E-state index is 0.0838. The van der Waals surface area contributed by atoms with Crippen LogP contribution in [0.3, 0.4) is 0 Å². The summed E-state index contributed by atoms with van der Waals surface area (Å²) in [6.07, 6.45) is 0. The van der Waals surface area contributed by atoms with Crippen molar-refractivity contribution in [3.8, 4) is 11.5 Å². The molecule has 0 atom stereocenters. The highest BCUT2D eigenvalue weighted by Crippen LogP contribution is 2.25. The maximum absolute atomic E-state index is 11.7. The average molecular weight is 295 g/mol. The van der Waals surface area contributed by atoms with Gasteiger partial charge in [-0.1, -0.05) is 18.2 Å². The van der Waals surface area contributed by atoms with Gasteiger partial charge in [0.2, 0.25) is 5.89 Å². The molecule has 0 unspecified atom stereocenters. The number of oxazole rings is 1. The summed E-state index contributed by atoms with van der Waals surface area (Å²) in [6, 6.07) is 15.0. The van der Waals surface area contributed by atoms with E-state index in [1.807, 2.05) is 44.2 Å². The number of carbonyl (C=O) groups excluding carboxylic acids is 1. The minimum atomic E-state index is -0.235. The highest BCUT2D eigenvalue weighted by Gasteiger charge is 2.09. The molecule has 1 heterocycles. The Morgan fingerprint density at radius 1 is 1.14 bits per heavy atom. The van der Waals surface area contributed by atoms with Gasteiger partial charge >= 0.3 is 6.03 Å². The maximum atomic E-state index is 11.7. The van der Waals surface area contributed by atoms with E-state index < -0.39 is 0 Å². The lowest BCUT2D eigenvalue weighted by atomic mass is 10.2. The van der Waals surface area contributed by atoms with Crippen LogP contribution in [-0.2, 0) is 0 Å². The lowest BCUT2D eigenvalue weighted by molar-refractivity contribution is 0.250. The zero-order valence-corrected chi connectivity index (χ0v) is 12.5. The molecule has 0 aliphatic carbocycles. The van der Waals surface area contributed by atoms with Crippen LogP contribution >= 0.6 is 0 Å². The molecule has 2 amide bonds. The Hall–Kier alpha value is -2.82. The number of nitrogens with one attached hydrogen (secondary N) is 2.